The Balaban J connectivity index is 1.42. The van der Waals surface area contributed by atoms with Crippen molar-refractivity contribution >= 4 is 22.8 Å². The number of likely N-dealkylation sites (tertiary alicyclic amines) is 1. The Morgan fingerprint density at radius 2 is 1.90 bits per heavy atom. The zero-order valence-electron chi connectivity index (χ0n) is 23.4. The number of rotatable bonds is 10. The van der Waals surface area contributed by atoms with Gasteiger partial charge in [0.15, 0.2) is 0 Å². The third kappa shape index (κ3) is 6.47. The second-order valence-electron chi connectivity index (χ2n) is 11.2. The molecule has 3 atom stereocenters. The zero-order valence-corrected chi connectivity index (χ0v) is 23.4. The smallest absolute Gasteiger partial charge is 0.318 e. The fourth-order valence-corrected chi connectivity index (χ4v) is 5.26. The van der Waals surface area contributed by atoms with E-state index in [0.29, 0.717) is 30.4 Å². The van der Waals surface area contributed by atoms with Gasteiger partial charge in [0.1, 0.15) is 23.6 Å². The van der Waals surface area contributed by atoms with Gasteiger partial charge in [-0.2, -0.15) is 0 Å². The van der Waals surface area contributed by atoms with E-state index in [-0.39, 0.29) is 36.7 Å². The summed E-state index contributed by atoms with van der Waals surface area (Å²) in [5, 5.41) is 6.96. The lowest BCUT2D eigenvalue weighted by Crippen LogP contribution is -2.53. The van der Waals surface area contributed by atoms with Crippen molar-refractivity contribution in [1.82, 2.24) is 20.5 Å². The first-order valence-electron chi connectivity index (χ1n) is 14.1. The molecule has 5 rings (SSSR count). The highest BCUT2D eigenvalue weighted by Gasteiger charge is 2.42. The van der Waals surface area contributed by atoms with Crippen molar-refractivity contribution in [3.8, 4) is 22.8 Å². The molecule has 3 aromatic rings. The van der Waals surface area contributed by atoms with Crippen LogP contribution in [-0.2, 0) is 4.79 Å². The molecule has 2 fully saturated rings. The number of nitrogens with two attached hydrogens (primary N) is 1. The molecule has 1 aromatic heterocycles. The van der Waals surface area contributed by atoms with Gasteiger partial charge in [-0.05, 0) is 37.3 Å². The number of benzene rings is 2. The van der Waals surface area contributed by atoms with E-state index in [1.807, 2.05) is 54.6 Å². The van der Waals surface area contributed by atoms with Crippen LogP contribution < -0.4 is 25.8 Å². The van der Waals surface area contributed by atoms with Crippen LogP contribution in [0.25, 0.3) is 22.2 Å². The van der Waals surface area contributed by atoms with Gasteiger partial charge in [-0.3, -0.25) is 4.79 Å². The molecule has 9 nitrogen and oxygen atoms in total. The molecular formula is C31H39N5O4. The Labute approximate surface area is 235 Å². The summed E-state index contributed by atoms with van der Waals surface area (Å²) >= 11 is 0. The van der Waals surface area contributed by atoms with Gasteiger partial charge in [-0.15, -0.1) is 0 Å². The first-order chi connectivity index (χ1) is 19.3. The number of nitrogens with one attached hydrogen (secondary N) is 2. The molecule has 2 aromatic carbocycles. The van der Waals surface area contributed by atoms with E-state index in [9.17, 15) is 9.59 Å². The Bertz CT molecular complexity index is 1340. The van der Waals surface area contributed by atoms with Gasteiger partial charge in [0.2, 0.25) is 5.91 Å². The molecule has 212 valence electrons. The van der Waals surface area contributed by atoms with Crippen molar-refractivity contribution in [2.75, 3.05) is 20.2 Å². The topological polar surface area (TPSA) is 119 Å². The van der Waals surface area contributed by atoms with Crippen LogP contribution in [0.1, 0.15) is 39.5 Å². The van der Waals surface area contributed by atoms with E-state index in [1.165, 1.54) is 0 Å². The lowest BCUT2D eigenvalue weighted by molar-refractivity contribution is -0.124. The molecule has 4 N–H and O–H groups in total. The minimum atomic E-state index is -0.620. The number of urea groups is 1. The maximum Gasteiger partial charge on any atom is 0.318 e. The predicted octanol–water partition coefficient (Wildman–Crippen LogP) is 4.09. The minimum Gasteiger partial charge on any atom is -0.497 e. The first-order valence-corrected chi connectivity index (χ1v) is 14.1. The molecule has 9 heteroatoms. The quantitative estimate of drug-likeness (QED) is 0.353. The van der Waals surface area contributed by atoms with E-state index in [4.69, 9.17) is 20.2 Å². The average Bonchev–Trinajstić information content (AvgIpc) is 3.67. The largest absolute Gasteiger partial charge is 0.497 e. The van der Waals surface area contributed by atoms with Crippen LogP contribution in [0.3, 0.4) is 0 Å². The Hall–Kier alpha value is -3.85. The Kier molecular flexibility index (Phi) is 8.40. The lowest BCUT2D eigenvalue weighted by Gasteiger charge is -2.27. The summed E-state index contributed by atoms with van der Waals surface area (Å²) in [4.78, 5) is 33.1. The summed E-state index contributed by atoms with van der Waals surface area (Å²) in [5.41, 5.74) is 8.42. The van der Waals surface area contributed by atoms with Crippen LogP contribution in [0.4, 0.5) is 4.79 Å². The monoisotopic (exact) mass is 545 g/mol. The summed E-state index contributed by atoms with van der Waals surface area (Å²) in [6.45, 7) is 4.82. The number of aromatic nitrogens is 1. The normalized spacial score (nSPS) is 19.5. The second kappa shape index (κ2) is 12.1. The van der Waals surface area contributed by atoms with Crippen molar-refractivity contribution in [1.29, 1.82) is 0 Å². The van der Waals surface area contributed by atoms with Crippen LogP contribution in [0.2, 0.25) is 0 Å². The van der Waals surface area contributed by atoms with E-state index < -0.39 is 6.04 Å². The Morgan fingerprint density at radius 1 is 1.12 bits per heavy atom. The molecule has 3 amide bonds. The molecule has 1 saturated carbocycles. The van der Waals surface area contributed by atoms with Gasteiger partial charge in [-0.25, -0.2) is 9.78 Å². The maximum absolute atomic E-state index is 13.4. The number of fused-ring (bicyclic) bond motifs is 1. The van der Waals surface area contributed by atoms with E-state index in [2.05, 4.69) is 24.5 Å². The molecule has 0 radical (unpaired) electrons. The van der Waals surface area contributed by atoms with E-state index in [0.717, 1.165) is 41.4 Å². The molecule has 2 heterocycles. The average molecular weight is 546 g/mol. The van der Waals surface area contributed by atoms with E-state index >= 15 is 0 Å². The van der Waals surface area contributed by atoms with Crippen LogP contribution in [-0.4, -0.2) is 66.3 Å². The SMILES string of the molecule is COc1ccc2c(O[C@@H]3CC(C(=O)NC4CC4)N(C(=O)NC(CN)CC(C)C)C3)cc(-c3ccccc3)nc2c1. The minimum absolute atomic E-state index is 0.133. The molecule has 0 spiro atoms. The van der Waals surface area contributed by atoms with Gasteiger partial charge in [0.05, 0.1) is 24.9 Å². The molecule has 40 heavy (non-hydrogen) atoms. The fourth-order valence-electron chi connectivity index (χ4n) is 5.26. The number of carbonyl (C=O) groups is 2. The van der Waals surface area contributed by atoms with Crippen molar-refractivity contribution < 1.29 is 19.1 Å². The number of methoxy groups -OCH3 is 1. The van der Waals surface area contributed by atoms with Crippen LogP contribution in [0.15, 0.2) is 54.6 Å². The molecule has 0 bridgehead atoms. The zero-order chi connectivity index (χ0) is 28.2. The van der Waals surface area contributed by atoms with Crippen molar-refractivity contribution in [3.63, 3.8) is 0 Å². The van der Waals surface area contributed by atoms with Crippen molar-refractivity contribution in [2.24, 2.45) is 11.7 Å². The van der Waals surface area contributed by atoms with Gasteiger partial charge >= 0.3 is 6.03 Å². The number of carbonyl (C=O) groups excluding carboxylic acids is 2. The van der Waals surface area contributed by atoms with Crippen molar-refractivity contribution in [3.05, 3.63) is 54.6 Å². The van der Waals surface area contributed by atoms with Gasteiger partial charge < -0.3 is 30.7 Å². The second-order valence-corrected chi connectivity index (χ2v) is 11.2. The number of nitrogens with zero attached hydrogens (tertiary/aromatic N) is 2. The highest BCUT2D eigenvalue weighted by Crippen LogP contribution is 2.34. The van der Waals surface area contributed by atoms with Crippen molar-refractivity contribution in [2.45, 2.75) is 63.8 Å². The Morgan fingerprint density at radius 3 is 2.58 bits per heavy atom. The summed E-state index contributed by atoms with van der Waals surface area (Å²) in [6.07, 6.45) is 2.73. The van der Waals surface area contributed by atoms with Gasteiger partial charge in [-0.1, -0.05) is 44.2 Å². The molecular weight excluding hydrogens is 506 g/mol. The standard InChI is InChI=1S/C31H39N5O4/c1-19(2)13-22(17-32)34-31(38)36-18-24(15-28(36)30(37)33-21-9-10-21)40-29-16-26(20-7-5-4-6-8-20)35-27-14-23(39-3)11-12-25(27)29/h4-8,11-12,14,16,19,21-22,24,28H,9-10,13,15,17-18,32H2,1-3H3,(H,33,37)(H,34,38)/t22?,24-,28?/m1/s1. The maximum atomic E-state index is 13.4. The summed E-state index contributed by atoms with van der Waals surface area (Å²) < 4.78 is 12.0. The van der Waals surface area contributed by atoms with Crippen LogP contribution in [0, 0.1) is 5.92 Å². The molecule has 1 saturated heterocycles. The van der Waals surface area contributed by atoms with Crippen LogP contribution >= 0.6 is 0 Å². The first kappa shape index (κ1) is 27.7. The summed E-state index contributed by atoms with van der Waals surface area (Å²) in [7, 11) is 1.63. The van der Waals surface area contributed by atoms with Gasteiger partial charge in [0.25, 0.3) is 0 Å². The summed E-state index contributed by atoms with van der Waals surface area (Å²) in [6, 6.07) is 16.7. The number of amides is 3. The predicted molar refractivity (Wildman–Crippen MR) is 155 cm³/mol. The van der Waals surface area contributed by atoms with E-state index in [1.54, 1.807) is 12.0 Å². The fraction of sp³-hybridized carbons (Fsp3) is 0.452. The highest BCUT2D eigenvalue weighted by atomic mass is 16.5. The lowest BCUT2D eigenvalue weighted by atomic mass is 10.0. The number of hydrogen-bond donors (Lipinski definition) is 3. The summed E-state index contributed by atoms with van der Waals surface area (Å²) in [5.74, 6) is 1.60. The molecule has 2 unspecified atom stereocenters. The third-order valence-electron chi connectivity index (χ3n) is 7.46. The third-order valence-corrected chi connectivity index (χ3v) is 7.46. The highest BCUT2D eigenvalue weighted by molar-refractivity contribution is 5.90. The number of ether oxygens (including phenoxy) is 2. The number of hydrogen-bond acceptors (Lipinski definition) is 6. The van der Waals surface area contributed by atoms with Gasteiger partial charge in [0, 0.05) is 48.1 Å². The molecule has 2 aliphatic rings. The van der Waals surface area contributed by atoms with Crippen LogP contribution in [0.5, 0.6) is 11.5 Å². The molecule has 1 aliphatic heterocycles. The molecule has 1 aliphatic carbocycles. The number of pyridine rings is 1.